The monoisotopic (exact) mass is 764 g/mol. The van der Waals surface area contributed by atoms with Crippen molar-refractivity contribution in [2.45, 2.75) is 114 Å². The lowest BCUT2D eigenvalue weighted by atomic mass is 9.56. The maximum atomic E-state index is 14.2. The normalized spacial score (nSPS) is 36.2. The largest absolute Gasteiger partial charge is 0.392 e. The highest BCUT2D eigenvalue weighted by Crippen LogP contribution is 2.48. The summed E-state index contributed by atoms with van der Waals surface area (Å²) in [5.41, 5.74) is 0. The fourth-order valence-corrected chi connectivity index (χ4v) is 11.3. The number of hydrogen-bond donors (Lipinski definition) is 4. The smallest absolute Gasteiger partial charge is 0.231 e. The van der Waals surface area contributed by atoms with Gasteiger partial charge in [0, 0.05) is 48.8 Å². The van der Waals surface area contributed by atoms with Crippen molar-refractivity contribution < 1.29 is 29.4 Å². The highest BCUT2D eigenvalue weighted by atomic mass is 16.3. The average molecular weight is 765 g/mol. The fourth-order valence-electron chi connectivity index (χ4n) is 11.3. The minimum absolute atomic E-state index is 0.0286. The zero-order valence-electron chi connectivity index (χ0n) is 33.4. The average Bonchev–Trinajstić information content (AvgIpc) is 3.16. The number of carbonyl (C=O) groups is 4. The first-order valence-electron chi connectivity index (χ1n) is 21.3. The van der Waals surface area contributed by atoms with Crippen LogP contribution < -0.4 is 15.5 Å². The summed E-state index contributed by atoms with van der Waals surface area (Å²) >= 11 is 0. The van der Waals surface area contributed by atoms with E-state index in [0.29, 0.717) is 70.4 Å². The van der Waals surface area contributed by atoms with Crippen molar-refractivity contribution in [3.63, 3.8) is 0 Å². The van der Waals surface area contributed by atoms with E-state index < -0.39 is 48.0 Å². The molecule has 0 amide bonds. The van der Waals surface area contributed by atoms with E-state index in [9.17, 15) is 29.4 Å². The van der Waals surface area contributed by atoms with E-state index in [2.05, 4.69) is 25.3 Å². The molecule has 0 radical (unpaired) electrons. The number of nitrogens with zero attached hydrogens (tertiary/aromatic N) is 6. The van der Waals surface area contributed by atoms with E-state index in [1.165, 1.54) is 0 Å². The predicted octanol–water partition coefficient (Wildman–Crippen LogP) is 2.83. The van der Waals surface area contributed by atoms with Gasteiger partial charge in [-0.1, -0.05) is 25.7 Å². The third-order valence-electron chi connectivity index (χ3n) is 13.9. The van der Waals surface area contributed by atoms with E-state index in [1.807, 2.05) is 28.2 Å². The molecule has 12 atom stereocenters. The SMILES string of the molecule is CN(C)CCCN(CCCN(C)C)c1nc(NC2CCC(O)C3C(=O)C4CCCCC4C(=O)C23)nc(NC2CCC(O)C3C(=O)C4CCCCC4C(=O)C23)n1. The third kappa shape index (κ3) is 8.34. The van der Waals surface area contributed by atoms with Crippen LogP contribution in [0.2, 0.25) is 0 Å². The van der Waals surface area contributed by atoms with E-state index in [0.717, 1.165) is 51.6 Å². The minimum atomic E-state index is -0.855. The van der Waals surface area contributed by atoms with Crippen molar-refractivity contribution in [1.29, 1.82) is 0 Å². The Bertz CT molecular complexity index is 1470. The minimum Gasteiger partial charge on any atom is -0.392 e. The maximum absolute atomic E-state index is 14.2. The Labute approximate surface area is 326 Å². The Morgan fingerprint density at radius 2 is 0.873 bits per heavy atom. The van der Waals surface area contributed by atoms with Gasteiger partial charge >= 0.3 is 0 Å². The van der Waals surface area contributed by atoms with Crippen LogP contribution in [-0.4, -0.2) is 137 Å². The van der Waals surface area contributed by atoms with Crippen LogP contribution in [0.1, 0.15) is 89.9 Å². The van der Waals surface area contributed by atoms with Crippen LogP contribution in [0.3, 0.4) is 0 Å². The summed E-state index contributed by atoms with van der Waals surface area (Å²) in [4.78, 5) is 77.4. The first kappa shape index (κ1) is 40.1. The summed E-state index contributed by atoms with van der Waals surface area (Å²) in [6, 6.07) is -0.886. The number of hydrogen-bond acceptors (Lipinski definition) is 14. The molecule has 0 saturated heterocycles. The van der Waals surface area contributed by atoms with Crippen LogP contribution in [0, 0.1) is 47.3 Å². The number of rotatable bonds is 13. The number of aliphatic hydroxyl groups is 2. The van der Waals surface area contributed by atoms with Gasteiger partial charge in [-0.25, -0.2) is 0 Å². The summed E-state index contributed by atoms with van der Waals surface area (Å²) < 4.78 is 0. The molecule has 1 heterocycles. The molecule has 6 aliphatic rings. The molecule has 304 valence electrons. The van der Waals surface area contributed by atoms with Crippen molar-refractivity contribution in [2.24, 2.45) is 47.3 Å². The lowest BCUT2D eigenvalue weighted by Gasteiger charge is -2.48. The molecular formula is C41H64N8O6. The summed E-state index contributed by atoms with van der Waals surface area (Å²) in [6.45, 7) is 3.15. The van der Waals surface area contributed by atoms with Crippen LogP contribution in [0.25, 0.3) is 0 Å². The molecule has 14 nitrogen and oxygen atoms in total. The molecular weight excluding hydrogens is 701 g/mol. The van der Waals surface area contributed by atoms with Crippen molar-refractivity contribution in [2.75, 3.05) is 69.9 Å². The van der Waals surface area contributed by atoms with Gasteiger partial charge in [0.1, 0.15) is 23.1 Å². The van der Waals surface area contributed by atoms with E-state index in [-0.39, 0.29) is 58.7 Å². The van der Waals surface area contributed by atoms with Gasteiger partial charge in [0.05, 0.1) is 35.9 Å². The Hall–Kier alpha value is -3.07. The molecule has 55 heavy (non-hydrogen) atoms. The van der Waals surface area contributed by atoms with Gasteiger partial charge in [-0.2, -0.15) is 15.0 Å². The lowest BCUT2D eigenvalue weighted by molar-refractivity contribution is -0.157. The lowest BCUT2D eigenvalue weighted by Crippen LogP contribution is -2.59. The number of aromatic nitrogens is 3. The molecule has 1 aromatic rings. The predicted molar refractivity (Wildman–Crippen MR) is 209 cm³/mol. The number of carbonyl (C=O) groups excluding carboxylic acids is 4. The molecule has 12 unspecified atom stereocenters. The molecule has 0 aliphatic heterocycles. The van der Waals surface area contributed by atoms with E-state index in [4.69, 9.17) is 15.0 Å². The van der Waals surface area contributed by atoms with Crippen molar-refractivity contribution in [3.05, 3.63) is 0 Å². The first-order chi connectivity index (χ1) is 26.4. The molecule has 0 bridgehead atoms. The van der Waals surface area contributed by atoms with Crippen LogP contribution >= 0.6 is 0 Å². The Kier molecular flexibility index (Phi) is 12.5. The third-order valence-corrected chi connectivity index (χ3v) is 13.9. The van der Waals surface area contributed by atoms with Gasteiger partial charge in [0.25, 0.3) is 0 Å². The Morgan fingerprint density at radius 3 is 1.24 bits per heavy atom. The number of Topliss-reactive ketones (excluding diaryl/α,β-unsaturated/α-hetero) is 4. The van der Waals surface area contributed by atoms with Gasteiger partial charge in [-0.15, -0.1) is 0 Å². The zero-order valence-corrected chi connectivity index (χ0v) is 33.4. The Morgan fingerprint density at radius 1 is 0.509 bits per heavy atom. The summed E-state index contributed by atoms with van der Waals surface area (Å²) in [6.07, 6.45) is 8.36. The molecule has 7 rings (SSSR count). The maximum Gasteiger partial charge on any atom is 0.231 e. The van der Waals surface area contributed by atoms with Gasteiger partial charge in [0.15, 0.2) is 0 Å². The Balaban J connectivity index is 1.21. The molecule has 14 heteroatoms. The molecule has 4 N–H and O–H groups in total. The quantitative estimate of drug-likeness (QED) is 0.230. The second kappa shape index (κ2) is 17.2. The molecule has 6 saturated carbocycles. The van der Waals surface area contributed by atoms with Crippen LogP contribution in [-0.2, 0) is 19.2 Å². The molecule has 0 aromatic carbocycles. The molecule has 0 spiro atoms. The van der Waals surface area contributed by atoms with Crippen LogP contribution in [0.5, 0.6) is 0 Å². The number of fused-ring (bicyclic) bond motifs is 4. The summed E-state index contributed by atoms with van der Waals surface area (Å²) in [5, 5.41) is 29.3. The summed E-state index contributed by atoms with van der Waals surface area (Å²) in [7, 11) is 8.19. The first-order valence-corrected chi connectivity index (χ1v) is 21.3. The van der Waals surface area contributed by atoms with E-state index >= 15 is 0 Å². The molecule has 6 fully saturated rings. The van der Waals surface area contributed by atoms with Gasteiger partial charge in [-0.05, 0) is 105 Å². The second-order valence-electron chi connectivity index (χ2n) is 18.1. The second-order valence-corrected chi connectivity index (χ2v) is 18.1. The highest BCUT2D eigenvalue weighted by molar-refractivity contribution is 6.01. The number of anilines is 3. The van der Waals surface area contributed by atoms with Crippen LogP contribution in [0.15, 0.2) is 0 Å². The van der Waals surface area contributed by atoms with Crippen molar-refractivity contribution >= 4 is 41.0 Å². The van der Waals surface area contributed by atoms with E-state index in [1.54, 1.807) is 0 Å². The van der Waals surface area contributed by atoms with Crippen molar-refractivity contribution in [1.82, 2.24) is 24.8 Å². The number of nitrogens with one attached hydrogen (secondary N) is 2. The molecule has 6 aliphatic carbocycles. The number of aliphatic hydroxyl groups excluding tert-OH is 2. The highest BCUT2D eigenvalue weighted by Gasteiger charge is 2.57. The van der Waals surface area contributed by atoms with Gasteiger partial charge in [0.2, 0.25) is 17.8 Å². The summed E-state index contributed by atoms with van der Waals surface area (Å²) in [5.74, 6) is -2.82. The fraction of sp³-hybridized carbons (Fsp3) is 0.829. The topological polar surface area (TPSA) is 181 Å². The number of ketones is 4. The van der Waals surface area contributed by atoms with Crippen molar-refractivity contribution in [3.8, 4) is 0 Å². The zero-order chi connectivity index (χ0) is 39.0. The van der Waals surface area contributed by atoms with Gasteiger partial charge < -0.3 is 35.5 Å². The van der Waals surface area contributed by atoms with Crippen LogP contribution in [0.4, 0.5) is 17.8 Å². The standard InChI is InChI=1S/C41H64N8O6/c1-47(2)19-9-21-49(22-10-20-48(3)4)41-45-39(42-27-15-17-29(50)33-31(27)35(52)23-11-5-7-13-25(23)37(33)54)44-40(46-41)43-28-16-18-30(51)34-32(28)36(53)24-12-6-8-14-26(24)38(34)55/h23-34,50-51H,5-22H2,1-4H3,(H2,42,43,44,45,46). The molecule has 1 aromatic heterocycles. The van der Waals surface area contributed by atoms with Gasteiger partial charge in [-0.3, -0.25) is 19.2 Å².